The van der Waals surface area contributed by atoms with Crippen LogP contribution in [0.15, 0.2) is 42.9 Å². The summed E-state index contributed by atoms with van der Waals surface area (Å²) in [6, 6.07) is 6.05. The van der Waals surface area contributed by atoms with Crippen LogP contribution in [-0.2, 0) is 12.7 Å². The van der Waals surface area contributed by atoms with Crippen molar-refractivity contribution in [3.8, 4) is 23.1 Å². The Labute approximate surface area is 192 Å². The van der Waals surface area contributed by atoms with Crippen LogP contribution >= 0.6 is 0 Å². The van der Waals surface area contributed by atoms with Crippen molar-refractivity contribution < 1.29 is 22.3 Å². The molecule has 0 unspecified atom stereocenters. The SMILES string of the molecule is COc1nc(-c2nc3n(n2)CCC[C@H]3c2cc(F)ccc2C(F)(F)F)ccc1-n1cnc(C)c1. The number of hydrogen-bond acceptors (Lipinski definition) is 5. The van der Waals surface area contributed by atoms with Crippen LogP contribution in [0.25, 0.3) is 17.2 Å². The minimum Gasteiger partial charge on any atom is -0.479 e. The fraction of sp³-hybridized carbons (Fsp3) is 0.304. The van der Waals surface area contributed by atoms with Crippen LogP contribution in [0, 0.1) is 12.7 Å². The molecule has 5 rings (SSSR count). The van der Waals surface area contributed by atoms with Crippen LogP contribution in [0.5, 0.6) is 5.88 Å². The topological polar surface area (TPSA) is 70.7 Å². The lowest BCUT2D eigenvalue weighted by atomic mass is 9.87. The first kappa shape index (κ1) is 22.1. The predicted molar refractivity (Wildman–Crippen MR) is 114 cm³/mol. The lowest BCUT2D eigenvalue weighted by Gasteiger charge is -2.25. The molecule has 1 atom stereocenters. The van der Waals surface area contributed by atoms with Gasteiger partial charge in [0.25, 0.3) is 0 Å². The van der Waals surface area contributed by atoms with E-state index in [0.717, 1.165) is 23.9 Å². The molecule has 4 aromatic rings. The molecule has 3 aromatic heterocycles. The zero-order valence-electron chi connectivity index (χ0n) is 18.3. The number of fused-ring (bicyclic) bond motifs is 1. The predicted octanol–water partition coefficient (Wildman–Crippen LogP) is 4.93. The maximum absolute atomic E-state index is 14.0. The molecule has 0 amide bonds. The molecule has 1 aliphatic heterocycles. The summed E-state index contributed by atoms with van der Waals surface area (Å²) in [6.45, 7) is 2.36. The van der Waals surface area contributed by atoms with Gasteiger partial charge in [0.2, 0.25) is 5.88 Å². The van der Waals surface area contributed by atoms with E-state index in [1.54, 1.807) is 27.7 Å². The molecule has 34 heavy (non-hydrogen) atoms. The number of aryl methyl sites for hydroxylation is 2. The summed E-state index contributed by atoms with van der Waals surface area (Å²) in [5.41, 5.74) is 0.910. The Balaban J connectivity index is 1.56. The van der Waals surface area contributed by atoms with Gasteiger partial charge in [-0.05, 0) is 55.7 Å². The maximum Gasteiger partial charge on any atom is 0.416 e. The first-order valence-electron chi connectivity index (χ1n) is 10.6. The summed E-state index contributed by atoms with van der Waals surface area (Å²) in [6.07, 6.45) is -0.145. The number of ether oxygens (including phenoxy) is 1. The van der Waals surface area contributed by atoms with E-state index >= 15 is 0 Å². The monoisotopic (exact) mass is 472 g/mol. The summed E-state index contributed by atoms with van der Waals surface area (Å²) >= 11 is 0. The number of alkyl halides is 3. The molecule has 0 saturated heterocycles. The Hall–Kier alpha value is -3.76. The van der Waals surface area contributed by atoms with E-state index in [1.807, 2.05) is 13.1 Å². The largest absolute Gasteiger partial charge is 0.479 e. The molecule has 0 aliphatic carbocycles. The Morgan fingerprint density at radius 3 is 2.65 bits per heavy atom. The molecule has 4 heterocycles. The van der Waals surface area contributed by atoms with Crippen molar-refractivity contribution in [3.63, 3.8) is 0 Å². The molecule has 1 aromatic carbocycles. The number of benzene rings is 1. The average molecular weight is 472 g/mol. The number of methoxy groups -OCH3 is 1. The highest BCUT2D eigenvalue weighted by molar-refractivity contribution is 5.55. The van der Waals surface area contributed by atoms with Gasteiger partial charge in [0, 0.05) is 18.7 Å². The van der Waals surface area contributed by atoms with Gasteiger partial charge in [-0.25, -0.2) is 24.0 Å². The van der Waals surface area contributed by atoms with Gasteiger partial charge in [0.05, 0.1) is 24.7 Å². The molecule has 11 heteroatoms. The highest BCUT2D eigenvalue weighted by Crippen LogP contribution is 2.41. The summed E-state index contributed by atoms with van der Waals surface area (Å²) in [5.74, 6) is -0.524. The highest BCUT2D eigenvalue weighted by Gasteiger charge is 2.38. The van der Waals surface area contributed by atoms with Crippen LogP contribution in [0.1, 0.15) is 41.4 Å². The van der Waals surface area contributed by atoms with Crippen LogP contribution in [0.4, 0.5) is 17.6 Å². The third-order valence-corrected chi connectivity index (χ3v) is 5.82. The zero-order chi connectivity index (χ0) is 24.0. The Bertz CT molecular complexity index is 1360. The molecule has 0 bridgehead atoms. The molecule has 176 valence electrons. The molecule has 1 aliphatic rings. The third-order valence-electron chi connectivity index (χ3n) is 5.82. The Morgan fingerprint density at radius 2 is 1.94 bits per heavy atom. The second-order valence-corrected chi connectivity index (χ2v) is 8.09. The highest BCUT2D eigenvalue weighted by atomic mass is 19.4. The molecule has 0 spiro atoms. The van der Waals surface area contributed by atoms with Crippen molar-refractivity contribution in [2.75, 3.05) is 7.11 Å². The number of hydrogen-bond donors (Lipinski definition) is 0. The molecule has 0 N–H and O–H groups in total. The molecule has 0 saturated carbocycles. The normalized spacial score (nSPS) is 15.9. The van der Waals surface area contributed by atoms with E-state index < -0.39 is 23.5 Å². The van der Waals surface area contributed by atoms with E-state index in [1.165, 1.54) is 7.11 Å². The van der Waals surface area contributed by atoms with Crippen molar-refractivity contribution in [3.05, 3.63) is 71.3 Å². The second kappa shape index (κ2) is 8.23. The standard InChI is InChI=1S/C23H20F4N6O/c1-13-11-32(12-28-13)19-8-7-18(29-22(19)34-2)20-30-21-15(4-3-9-33(21)31-20)16-10-14(24)5-6-17(16)23(25,26)27/h5-8,10-12,15H,3-4,9H2,1-2H3/t15-/m0/s1. The molecular weight excluding hydrogens is 452 g/mol. The Morgan fingerprint density at radius 1 is 1.12 bits per heavy atom. The van der Waals surface area contributed by atoms with E-state index in [-0.39, 0.29) is 11.4 Å². The van der Waals surface area contributed by atoms with Crippen LogP contribution in [-0.4, -0.2) is 36.4 Å². The first-order chi connectivity index (χ1) is 16.2. The van der Waals surface area contributed by atoms with Crippen molar-refractivity contribution in [1.82, 2.24) is 29.3 Å². The van der Waals surface area contributed by atoms with Gasteiger partial charge in [0.1, 0.15) is 23.0 Å². The lowest BCUT2D eigenvalue weighted by molar-refractivity contribution is -0.138. The van der Waals surface area contributed by atoms with E-state index in [0.29, 0.717) is 42.5 Å². The third kappa shape index (κ3) is 3.91. The number of imidazole rings is 1. The van der Waals surface area contributed by atoms with Gasteiger partial charge in [0.15, 0.2) is 5.82 Å². The van der Waals surface area contributed by atoms with Crippen molar-refractivity contribution in [1.29, 1.82) is 0 Å². The quantitative estimate of drug-likeness (QED) is 0.394. The number of rotatable bonds is 4. The van der Waals surface area contributed by atoms with Crippen molar-refractivity contribution in [2.45, 2.75) is 38.4 Å². The van der Waals surface area contributed by atoms with Gasteiger partial charge >= 0.3 is 6.18 Å². The number of aromatic nitrogens is 6. The summed E-state index contributed by atoms with van der Waals surface area (Å²) in [4.78, 5) is 13.3. The molecule has 0 fully saturated rings. The first-order valence-corrected chi connectivity index (χ1v) is 10.6. The fourth-order valence-corrected chi connectivity index (χ4v) is 4.29. The van der Waals surface area contributed by atoms with Gasteiger partial charge in [-0.2, -0.15) is 13.2 Å². The Kier molecular flexibility index (Phi) is 5.34. The minimum atomic E-state index is -4.61. The molecular formula is C23H20F4N6O. The second-order valence-electron chi connectivity index (χ2n) is 8.09. The van der Waals surface area contributed by atoms with E-state index in [4.69, 9.17) is 4.74 Å². The minimum absolute atomic E-state index is 0.135. The van der Waals surface area contributed by atoms with Gasteiger partial charge < -0.3 is 9.30 Å². The summed E-state index contributed by atoms with van der Waals surface area (Å²) in [5, 5.41) is 4.49. The molecule has 7 nitrogen and oxygen atoms in total. The average Bonchev–Trinajstić information content (AvgIpc) is 3.43. The number of halogens is 4. The van der Waals surface area contributed by atoms with Gasteiger partial charge in [-0.1, -0.05) is 0 Å². The van der Waals surface area contributed by atoms with Crippen molar-refractivity contribution in [2.24, 2.45) is 0 Å². The van der Waals surface area contributed by atoms with Crippen LogP contribution in [0.2, 0.25) is 0 Å². The smallest absolute Gasteiger partial charge is 0.416 e. The van der Waals surface area contributed by atoms with E-state index in [9.17, 15) is 17.6 Å². The lowest BCUT2D eigenvalue weighted by Crippen LogP contribution is -2.21. The number of nitrogens with zero attached hydrogens (tertiary/aromatic N) is 6. The van der Waals surface area contributed by atoms with Crippen LogP contribution < -0.4 is 4.74 Å². The fourth-order valence-electron chi connectivity index (χ4n) is 4.29. The van der Waals surface area contributed by atoms with E-state index in [2.05, 4.69) is 20.1 Å². The number of pyridine rings is 1. The zero-order valence-corrected chi connectivity index (χ0v) is 18.3. The van der Waals surface area contributed by atoms with Crippen molar-refractivity contribution >= 4 is 0 Å². The van der Waals surface area contributed by atoms with Gasteiger partial charge in [-0.3, -0.25) is 0 Å². The summed E-state index contributed by atoms with van der Waals surface area (Å²) < 4.78 is 63.7. The summed E-state index contributed by atoms with van der Waals surface area (Å²) in [7, 11) is 1.49. The van der Waals surface area contributed by atoms with Crippen LogP contribution in [0.3, 0.4) is 0 Å². The van der Waals surface area contributed by atoms with Gasteiger partial charge in [-0.15, -0.1) is 5.10 Å². The molecule has 0 radical (unpaired) electrons. The maximum atomic E-state index is 14.0.